The molecule has 3 aromatic rings. The first-order chi connectivity index (χ1) is 8.33. The summed E-state index contributed by atoms with van der Waals surface area (Å²) in [6, 6.07) is 15.0. The summed E-state index contributed by atoms with van der Waals surface area (Å²) in [5.74, 6) is 0. The van der Waals surface area contributed by atoms with Gasteiger partial charge in [-0.2, -0.15) is 0 Å². The van der Waals surface area contributed by atoms with Gasteiger partial charge in [0.25, 0.3) is 0 Å². The summed E-state index contributed by atoms with van der Waals surface area (Å²) >= 11 is 0. The number of pyridine rings is 1. The van der Waals surface area contributed by atoms with Crippen LogP contribution in [0, 0.1) is 0 Å². The Bertz CT molecular complexity index is 635. The standard InChI is InChI=1S/C15H15N2/c1-16-9-6-13(7-10-16)12-17-11-8-14-4-2-3-5-15(14)17/h2-11H,12H2,1H3/q+1. The van der Waals surface area contributed by atoms with E-state index in [1.807, 2.05) is 7.05 Å². The van der Waals surface area contributed by atoms with Gasteiger partial charge in [-0.25, -0.2) is 4.57 Å². The van der Waals surface area contributed by atoms with Crippen molar-refractivity contribution in [1.29, 1.82) is 0 Å². The SMILES string of the molecule is C[n+]1ccc(Cn2ccc3ccccc32)cc1. The molecule has 1 aromatic carbocycles. The Balaban J connectivity index is 1.97. The molecule has 2 nitrogen and oxygen atoms in total. The third-order valence-electron chi connectivity index (χ3n) is 3.08. The van der Waals surface area contributed by atoms with Gasteiger partial charge >= 0.3 is 0 Å². The van der Waals surface area contributed by atoms with Crippen LogP contribution in [-0.4, -0.2) is 4.57 Å². The number of rotatable bonds is 2. The van der Waals surface area contributed by atoms with Crippen LogP contribution >= 0.6 is 0 Å². The second-order valence-electron chi connectivity index (χ2n) is 4.37. The van der Waals surface area contributed by atoms with Gasteiger partial charge in [-0.05, 0) is 23.1 Å². The Morgan fingerprint density at radius 1 is 1.00 bits per heavy atom. The van der Waals surface area contributed by atoms with Gasteiger partial charge < -0.3 is 4.57 Å². The Morgan fingerprint density at radius 3 is 2.59 bits per heavy atom. The normalized spacial score (nSPS) is 10.9. The summed E-state index contributed by atoms with van der Waals surface area (Å²) in [6.45, 7) is 0.925. The van der Waals surface area contributed by atoms with Crippen molar-refractivity contribution in [3.05, 3.63) is 66.6 Å². The molecule has 0 amide bonds. The summed E-state index contributed by atoms with van der Waals surface area (Å²) in [6.07, 6.45) is 6.32. The monoisotopic (exact) mass is 223 g/mol. The van der Waals surface area contributed by atoms with Crippen LogP contribution in [0.2, 0.25) is 0 Å². The zero-order chi connectivity index (χ0) is 11.7. The third kappa shape index (κ3) is 1.94. The summed E-state index contributed by atoms with van der Waals surface area (Å²) in [4.78, 5) is 0. The van der Waals surface area contributed by atoms with Crippen molar-refractivity contribution >= 4 is 10.9 Å². The van der Waals surface area contributed by atoms with E-state index in [4.69, 9.17) is 0 Å². The fourth-order valence-electron chi connectivity index (χ4n) is 2.11. The second kappa shape index (κ2) is 4.06. The molecule has 0 unspecified atom stereocenters. The molecule has 2 aromatic heterocycles. The van der Waals surface area contributed by atoms with E-state index in [2.05, 4.69) is 70.2 Å². The quantitative estimate of drug-likeness (QED) is 0.590. The lowest BCUT2D eigenvalue weighted by atomic mass is 10.2. The molecule has 84 valence electrons. The average Bonchev–Trinajstić information content (AvgIpc) is 2.76. The maximum absolute atomic E-state index is 2.28. The Morgan fingerprint density at radius 2 is 1.76 bits per heavy atom. The highest BCUT2D eigenvalue weighted by atomic mass is 15.0. The van der Waals surface area contributed by atoms with Crippen molar-refractivity contribution in [3.8, 4) is 0 Å². The molecule has 2 heteroatoms. The molecule has 0 atom stereocenters. The molecule has 0 spiro atoms. The number of nitrogens with zero attached hydrogens (tertiary/aromatic N) is 2. The number of benzene rings is 1. The molecule has 0 radical (unpaired) electrons. The largest absolute Gasteiger partial charge is 0.343 e. The highest BCUT2D eigenvalue weighted by Crippen LogP contribution is 2.16. The van der Waals surface area contributed by atoms with E-state index in [-0.39, 0.29) is 0 Å². The van der Waals surface area contributed by atoms with E-state index in [0.717, 1.165) is 6.54 Å². The number of hydrogen-bond acceptors (Lipinski definition) is 0. The maximum Gasteiger partial charge on any atom is 0.168 e. The number of aryl methyl sites for hydroxylation is 1. The van der Waals surface area contributed by atoms with E-state index in [9.17, 15) is 0 Å². The lowest BCUT2D eigenvalue weighted by Gasteiger charge is -2.04. The minimum absolute atomic E-state index is 0.925. The van der Waals surface area contributed by atoms with E-state index >= 15 is 0 Å². The first-order valence-corrected chi connectivity index (χ1v) is 5.81. The minimum Gasteiger partial charge on any atom is -0.343 e. The summed E-state index contributed by atoms with van der Waals surface area (Å²) < 4.78 is 4.34. The Labute approximate surface area is 101 Å². The van der Waals surface area contributed by atoms with Crippen LogP contribution in [0.4, 0.5) is 0 Å². The first kappa shape index (κ1) is 10.1. The average molecular weight is 223 g/mol. The predicted molar refractivity (Wildman–Crippen MR) is 68.7 cm³/mol. The number of para-hydroxylation sites is 1. The Hall–Kier alpha value is -2.09. The van der Waals surface area contributed by atoms with Crippen LogP contribution < -0.4 is 4.57 Å². The fourth-order valence-corrected chi connectivity index (χ4v) is 2.11. The van der Waals surface area contributed by atoms with Crippen molar-refractivity contribution < 1.29 is 4.57 Å². The van der Waals surface area contributed by atoms with Gasteiger partial charge in [0.2, 0.25) is 0 Å². The molecule has 0 saturated heterocycles. The zero-order valence-corrected chi connectivity index (χ0v) is 9.88. The van der Waals surface area contributed by atoms with E-state index in [1.165, 1.54) is 16.5 Å². The molecular formula is C15H15N2+. The lowest BCUT2D eigenvalue weighted by Crippen LogP contribution is -2.26. The van der Waals surface area contributed by atoms with Gasteiger partial charge in [0.1, 0.15) is 7.05 Å². The lowest BCUT2D eigenvalue weighted by molar-refractivity contribution is -0.671. The molecule has 3 rings (SSSR count). The minimum atomic E-state index is 0.925. The van der Waals surface area contributed by atoms with Gasteiger partial charge in [0.05, 0.1) is 0 Å². The zero-order valence-electron chi connectivity index (χ0n) is 9.88. The molecule has 0 bridgehead atoms. The molecule has 0 saturated carbocycles. The second-order valence-corrected chi connectivity index (χ2v) is 4.37. The van der Waals surface area contributed by atoms with Gasteiger partial charge in [-0.3, -0.25) is 0 Å². The number of hydrogen-bond donors (Lipinski definition) is 0. The van der Waals surface area contributed by atoms with Crippen molar-refractivity contribution in [2.75, 3.05) is 0 Å². The van der Waals surface area contributed by atoms with Gasteiger partial charge in [0.15, 0.2) is 12.4 Å². The molecule has 2 heterocycles. The van der Waals surface area contributed by atoms with Crippen LogP contribution in [0.15, 0.2) is 61.1 Å². The van der Waals surface area contributed by atoms with Crippen LogP contribution in [0.25, 0.3) is 10.9 Å². The molecule has 0 aliphatic rings. The first-order valence-electron chi connectivity index (χ1n) is 5.81. The fraction of sp³-hybridized carbons (Fsp3) is 0.133. The molecule has 0 aliphatic carbocycles. The predicted octanol–water partition coefficient (Wildman–Crippen LogP) is 2.51. The summed E-state index contributed by atoms with van der Waals surface area (Å²) in [5.41, 5.74) is 2.62. The molecule has 17 heavy (non-hydrogen) atoms. The number of fused-ring (bicyclic) bond motifs is 1. The van der Waals surface area contributed by atoms with Crippen LogP contribution in [0.1, 0.15) is 5.56 Å². The van der Waals surface area contributed by atoms with E-state index in [1.54, 1.807) is 0 Å². The molecule has 0 fully saturated rings. The van der Waals surface area contributed by atoms with Gasteiger partial charge in [0, 0.05) is 30.4 Å². The van der Waals surface area contributed by atoms with Crippen molar-refractivity contribution in [1.82, 2.24) is 4.57 Å². The maximum atomic E-state index is 2.28. The van der Waals surface area contributed by atoms with E-state index in [0.29, 0.717) is 0 Å². The highest BCUT2D eigenvalue weighted by molar-refractivity contribution is 5.79. The van der Waals surface area contributed by atoms with Crippen molar-refractivity contribution in [2.24, 2.45) is 7.05 Å². The molecular weight excluding hydrogens is 208 g/mol. The van der Waals surface area contributed by atoms with E-state index < -0.39 is 0 Å². The van der Waals surface area contributed by atoms with Gasteiger partial charge in [-0.15, -0.1) is 0 Å². The van der Waals surface area contributed by atoms with Crippen molar-refractivity contribution in [3.63, 3.8) is 0 Å². The smallest absolute Gasteiger partial charge is 0.168 e. The highest BCUT2D eigenvalue weighted by Gasteiger charge is 2.01. The summed E-state index contributed by atoms with van der Waals surface area (Å²) in [7, 11) is 2.04. The van der Waals surface area contributed by atoms with Crippen LogP contribution in [-0.2, 0) is 13.6 Å². The van der Waals surface area contributed by atoms with Crippen molar-refractivity contribution in [2.45, 2.75) is 6.54 Å². The Kier molecular flexibility index (Phi) is 2.41. The summed E-state index contributed by atoms with van der Waals surface area (Å²) in [5, 5.41) is 1.30. The van der Waals surface area contributed by atoms with Crippen LogP contribution in [0.3, 0.4) is 0 Å². The molecule has 0 aliphatic heterocycles. The van der Waals surface area contributed by atoms with Gasteiger partial charge in [-0.1, -0.05) is 18.2 Å². The van der Waals surface area contributed by atoms with Crippen LogP contribution in [0.5, 0.6) is 0 Å². The number of aromatic nitrogens is 2. The molecule has 0 N–H and O–H groups in total. The third-order valence-corrected chi connectivity index (χ3v) is 3.08. The topological polar surface area (TPSA) is 8.81 Å².